The largest absolute Gasteiger partial charge is 0.348 e. The average Bonchev–Trinajstić information content (AvgIpc) is 3.10. The zero-order valence-corrected chi connectivity index (χ0v) is 15.0. The Balaban J connectivity index is 1.86. The molecule has 1 aromatic heterocycles. The Hall–Kier alpha value is -2.08. The molecular formula is C19H17ClN2O2S. The van der Waals surface area contributed by atoms with Gasteiger partial charge in [0.15, 0.2) is 0 Å². The van der Waals surface area contributed by atoms with Crippen LogP contribution in [0.1, 0.15) is 17.3 Å². The van der Waals surface area contributed by atoms with E-state index < -0.39 is 10.0 Å². The second-order valence-electron chi connectivity index (χ2n) is 6.01. The lowest BCUT2D eigenvalue weighted by Gasteiger charge is -2.36. The number of hydrogen-bond donors (Lipinski definition) is 0. The van der Waals surface area contributed by atoms with E-state index in [4.69, 9.17) is 11.6 Å². The number of rotatable bonds is 3. The summed E-state index contributed by atoms with van der Waals surface area (Å²) < 4.78 is 30.3. The summed E-state index contributed by atoms with van der Waals surface area (Å²) in [6.45, 7) is 1.04. The minimum Gasteiger partial charge on any atom is -0.348 e. The van der Waals surface area contributed by atoms with Gasteiger partial charge in [-0.25, -0.2) is 8.42 Å². The van der Waals surface area contributed by atoms with Crippen LogP contribution in [0.4, 0.5) is 0 Å². The molecule has 1 atom stereocenters. The van der Waals surface area contributed by atoms with E-state index in [9.17, 15) is 8.42 Å². The van der Waals surface area contributed by atoms with Gasteiger partial charge < -0.3 is 4.57 Å². The summed E-state index contributed by atoms with van der Waals surface area (Å²) in [6, 6.07) is 19.8. The molecule has 128 valence electrons. The standard InChI is InChI=1S/C19H17ClN2O2S/c20-16-8-4-9-17(14-16)25(23,24)22-13-12-21-11-5-10-18(21)19(22)15-6-2-1-3-7-15/h1-11,14,19H,12-13H2/t19-/m0/s1. The smallest absolute Gasteiger partial charge is 0.244 e. The van der Waals surface area contributed by atoms with Gasteiger partial charge >= 0.3 is 0 Å². The van der Waals surface area contributed by atoms with E-state index in [0.29, 0.717) is 18.1 Å². The monoisotopic (exact) mass is 372 g/mol. The maximum absolute atomic E-state index is 13.3. The zero-order chi connectivity index (χ0) is 17.4. The maximum atomic E-state index is 13.3. The molecule has 0 amide bonds. The summed E-state index contributed by atoms with van der Waals surface area (Å²) >= 11 is 6.02. The van der Waals surface area contributed by atoms with Crippen LogP contribution < -0.4 is 0 Å². The molecular weight excluding hydrogens is 356 g/mol. The Morgan fingerprint density at radius 3 is 2.48 bits per heavy atom. The van der Waals surface area contributed by atoms with Gasteiger partial charge in [0.05, 0.1) is 10.9 Å². The van der Waals surface area contributed by atoms with Crippen LogP contribution >= 0.6 is 11.6 Å². The quantitative estimate of drug-likeness (QED) is 0.699. The van der Waals surface area contributed by atoms with E-state index in [2.05, 4.69) is 4.57 Å². The molecule has 3 aromatic rings. The molecule has 0 aliphatic carbocycles. The minimum atomic E-state index is -3.67. The van der Waals surface area contributed by atoms with Crippen LogP contribution in [-0.2, 0) is 16.6 Å². The number of hydrogen-bond acceptors (Lipinski definition) is 2. The van der Waals surface area contributed by atoms with Crippen LogP contribution in [0.2, 0.25) is 5.02 Å². The summed E-state index contributed by atoms with van der Waals surface area (Å²) in [7, 11) is -3.67. The van der Waals surface area contributed by atoms with Crippen molar-refractivity contribution in [2.75, 3.05) is 6.54 Å². The van der Waals surface area contributed by atoms with Crippen molar-refractivity contribution in [3.8, 4) is 0 Å². The van der Waals surface area contributed by atoms with Gasteiger partial charge in [-0.3, -0.25) is 0 Å². The van der Waals surface area contributed by atoms with Crippen molar-refractivity contribution in [1.29, 1.82) is 0 Å². The topological polar surface area (TPSA) is 42.3 Å². The van der Waals surface area contributed by atoms with Crippen molar-refractivity contribution in [3.05, 3.63) is 89.2 Å². The fourth-order valence-corrected chi connectivity index (χ4v) is 5.24. The van der Waals surface area contributed by atoms with Gasteiger partial charge in [-0.05, 0) is 35.9 Å². The molecule has 6 heteroatoms. The first-order chi connectivity index (χ1) is 12.1. The molecule has 0 saturated carbocycles. The molecule has 0 fully saturated rings. The van der Waals surface area contributed by atoms with Crippen molar-refractivity contribution < 1.29 is 8.42 Å². The second kappa shape index (κ2) is 6.33. The van der Waals surface area contributed by atoms with Crippen LogP contribution in [-0.4, -0.2) is 23.8 Å². The molecule has 0 bridgehead atoms. The highest BCUT2D eigenvalue weighted by Crippen LogP contribution is 2.36. The van der Waals surface area contributed by atoms with Crippen molar-refractivity contribution in [1.82, 2.24) is 8.87 Å². The maximum Gasteiger partial charge on any atom is 0.244 e. The van der Waals surface area contributed by atoms with E-state index in [0.717, 1.165) is 11.3 Å². The number of benzene rings is 2. The van der Waals surface area contributed by atoms with Gasteiger partial charge in [-0.15, -0.1) is 0 Å². The molecule has 4 rings (SSSR count). The first kappa shape index (κ1) is 16.4. The first-order valence-corrected chi connectivity index (χ1v) is 9.86. The zero-order valence-electron chi connectivity index (χ0n) is 13.4. The predicted octanol–water partition coefficient (Wildman–Crippen LogP) is 3.94. The Morgan fingerprint density at radius 2 is 1.72 bits per heavy atom. The predicted molar refractivity (Wildman–Crippen MR) is 98.1 cm³/mol. The van der Waals surface area contributed by atoms with Crippen LogP contribution in [0.3, 0.4) is 0 Å². The number of fused-ring (bicyclic) bond motifs is 1. The lowest BCUT2D eigenvalue weighted by Crippen LogP contribution is -2.42. The van der Waals surface area contributed by atoms with E-state index in [1.54, 1.807) is 22.5 Å². The SMILES string of the molecule is O=S(=O)(c1cccc(Cl)c1)N1CCn2cccc2[C@@H]1c1ccccc1. The van der Waals surface area contributed by atoms with Gasteiger partial charge in [-0.2, -0.15) is 4.31 Å². The number of sulfonamides is 1. The van der Waals surface area contributed by atoms with Crippen molar-refractivity contribution in [3.63, 3.8) is 0 Å². The summed E-state index contributed by atoms with van der Waals surface area (Å²) in [5, 5.41) is 0.415. The number of nitrogens with zero attached hydrogens (tertiary/aromatic N) is 2. The van der Waals surface area contributed by atoms with Gasteiger partial charge in [0, 0.05) is 30.0 Å². The van der Waals surface area contributed by atoms with Crippen molar-refractivity contribution in [2.45, 2.75) is 17.5 Å². The first-order valence-electron chi connectivity index (χ1n) is 8.05. The Kier molecular flexibility index (Phi) is 4.15. The third-order valence-electron chi connectivity index (χ3n) is 4.51. The summed E-state index contributed by atoms with van der Waals surface area (Å²) in [4.78, 5) is 0.223. The molecule has 1 aliphatic rings. The number of aromatic nitrogens is 1. The van der Waals surface area contributed by atoms with Crippen LogP contribution in [0, 0.1) is 0 Å². The van der Waals surface area contributed by atoms with Gasteiger partial charge in [0.25, 0.3) is 0 Å². The lowest BCUT2D eigenvalue weighted by atomic mass is 10.0. The molecule has 1 aliphatic heterocycles. The Morgan fingerprint density at radius 1 is 0.920 bits per heavy atom. The van der Waals surface area contributed by atoms with Crippen LogP contribution in [0.25, 0.3) is 0 Å². The van der Waals surface area contributed by atoms with Gasteiger partial charge in [0.2, 0.25) is 10.0 Å². The van der Waals surface area contributed by atoms with E-state index in [1.165, 1.54) is 6.07 Å². The van der Waals surface area contributed by atoms with Crippen LogP contribution in [0.5, 0.6) is 0 Å². The minimum absolute atomic E-state index is 0.223. The van der Waals surface area contributed by atoms with E-state index >= 15 is 0 Å². The van der Waals surface area contributed by atoms with Crippen LogP contribution in [0.15, 0.2) is 77.8 Å². The summed E-state index contributed by atoms with van der Waals surface area (Å²) in [5.41, 5.74) is 1.93. The number of halogens is 1. The third kappa shape index (κ3) is 2.88. The summed E-state index contributed by atoms with van der Waals surface area (Å²) in [5.74, 6) is 0. The van der Waals surface area contributed by atoms with E-state index in [-0.39, 0.29) is 10.9 Å². The average molecular weight is 373 g/mol. The summed E-state index contributed by atoms with van der Waals surface area (Å²) in [6.07, 6.45) is 1.99. The molecule has 0 unspecified atom stereocenters. The molecule has 0 N–H and O–H groups in total. The molecule has 0 spiro atoms. The highest BCUT2D eigenvalue weighted by Gasteiger charge is 2.37. The Bertz CT molecular complexity index is 999. The van der Waals surface area contributed by atoms with Gasteiger partial charge in [0.1, 0.15) is 0 Å². The second-order valence-corrected chi connectivity index (χ2v) is 8.34. The fourth-order valence-electron chi connectivity index (χ4n) is 3.36. The molecule has 0 radical (unpaired) electrons. The highest BCUT2D eigenvalue weighted by atomic mass is 35.5. The Labute approximate surface area is 152 Å². The molecule has 2 aromatic carbocycles. The van der Waals surface area contributed by atoms with E-state index in [1.807, 2.05) is 48.7 Å². The fraction of sp³-hybridized carbons (Fsp3) is 0.158. The van der Waals surface area contributed by atoms with Crippen molar-refractivity contribution >= 4 is 21.6 Å². The molecule has 2 heterocycles. The normalized spacial score (nSPS) is 18.0. The molecule has 0 saturated heterocycles. The lowest BCUT2D eigenvalue weighted by molar-refractivity contribution is 0.298. The third-order valence-corrected chi connectivity index (χ3v) is 6.61. The van der Waals surface area contributed by atoms with Gasteiger partial charge in [-0.1, -0.05) is 48.0 Å². The molecule has 4 nitrogen and oxygen atoms in total. The van der Waals surface area contributed by atoms with Crippen molar-refractivity contribution in [2.24, 2.45) is 0 Å². The highest BCUT2D eigenvalue weighted by molar-refractivity contribution is 7.89. The molecule has 25 heavy (non-hydrogen) atoms.